The molecular weight excluding hydrogens is 216 g/mol. The van der Waals surface area contributed by atoms with E-state index in [2.05, 4.69) is 5.16 Å². The Hall–Kier alpha value is -1.75. The Bertz CT molecular complexity index is 508. The summed E-state index contributed by atoms with van der Waals surface area (Å²) in [5.41, 5.74) is 0.170. The lowest BCUT2D eigenvalue weighted by Gasteiger charge is -1.97. The van der Waals surface area contributed by atoms with Gasteiger partial charge in [0.2, 0.25) is 0 Å². The molecule has 0 saturated carbocycles. The summed E-state index contributed by atoms with van der Waals surface area (Å²) < 4.78 is 31.1. The summed E-state index contributed by atoms with van der Waals surface area (Å²) in [7, 11) is 0. The molecule has 0 fully saturated rings. The van der Waals surface area contributed by atoms with Gasteiger partial charge in [-0.25, -0.2) is 8.78 Å². The highest BCUT2D eigenvalue weighted by atomic mass is 19.1. The van der Waals surface area contributed by atoms with Gasteiger partial charge in [-0.05, 0) is 25.1 Å². The minimum absolute atomic E-state index is 0.00986. The molecule has 2 rings (SSSR count). The number of hydrogen-bond acceptors (Lipinski definition) is 3. The van der Waals surface area contributed by atoms with Gasteiger partial charge >= 0.3 is 0 Å². The Morgan fingerprint density at radius 1 is 1.31 bits per heavy atom. The highest BCUT2D eigenvalue weighted by molar-refractivity contribution is 5.59. The van der Waals surface area contributed by atoms with Crippen molar-refractivity contribution in [1.29, 1.82) is 0 Å². The maximum atomic E-state index is 13.4. The van der Waals surface area contributed by atoms with Gasteiger partial charge in [0.15, 0.2) is 5.76 Å². The van der Waals surface area contributed by atoms with E-state index in [-0.39, 0.29) is 17.0 Å². The molecule has 0 aliphatic heterocycles. The van der Waals surface area contributed by atoms with Crippen molar-refractivity contribution in [3.8, 4) is 11.3 Å². The lowest BCUT2D eigenvalue weighted by molar-refractivity contribution is 0.158. The van der Waals surface area contributed by atoms with Crippen LogP contribution in [0, 0.1) is 11.6 Å². The molecule has 0 aliphatic carbocycles. The summed E-state index contributed by atoms with van der Waals surface area (Å²) in [6.07, 6.45) is -0.835. The van der Waals surface area contributed by atoms with Crippen LogP contribution in [-0.2, 0) is 0 Å². The molecule has 1 aromatic carbocycles. The molecule has 3 nitrogen and oxygen atoms in total. The lowest BCUT2D eigenvalue weighted by atomic mass is 10.1. The van der Waals surface area contributed by atoms with Gasteiger partial charge in [0, 0.05) is 11.6 Å². The first-order valence-corrected chi connectivity index (χ1v) is 4.68. The van der Waals surface area contributed by atoms with Crippen LogP contribution >= 0.6 is 0 Å². The van der Waals surface area contributed by atoms with Crippen LogP contribution in [0.25, 0.3) is 11.3 Å². The van der Waals surface area contributed by atoms with Gasteiger partial charge < -0.3 is 9.63 Å². The predicted octanol–water partition coefficient (Wildman–Crippen LogP) is 2.67. The largest absolute Gasteiger partial charge is 0.385 e. The molecule has 1 N–H and O–H groups in total. The van der Waals surface area contributed by atoms with Crippen molar-refractivity contribution in [3.63, 3.8) is 0 Å². The van der Waals surface area contributed by atoms with Crippen molar-refractivity contribution in [2.75, 3.05) is 0 Å². The van der Waals surface area contributed by atoms with E-state index in [1.54, 1.807) is 0 Å². The molecular formula is C11H9F2NO2. The number of halogens is 2. The van der Waals surface area contributed by atoms with Crippen molar-refractivity contribution in [3.05, 3.63) is 41.7 Å². The standard InChI is InChI=1S/C11H9F2NO2/c1-6(15)11-5-10(14-16-11)8-4-7(12)2-3-9(8)13/h2-6,15H,1H3. The number of hydrogen-bond donors (Lipinski definition) is 1. The fourth-order valence-corrected chi connectivity index (χ4v) is 1.31. The summed E-state index contributed by atoms with van der Waals surface area (Å²) in [4.78, 5) is 0. The van der Waals surface area contributed by atoms with Gasteiger partial charge in [-0.2, -0.15) is 0 Å². The van der Waals surface area contributed by atoms with Crippen LogP contribution in [0.2, 0.25) is 0 Å². The molecule has 84 valence electrons. The van der Waals surface area contributed by atoms with Gasteiger partial charge in [0.05, 0.1) is 0 Å². The third kappa shape index (κ3) is 1.94. The number of benzene rings is 1. The second-order valence-corrected chi connectivity index (χ2v) is 3.41. The number of rotatable bonds is 2. The third-order valence-corrected chi connectivity index (χ3v) is 2.14. The van der Waals surface area contributed by atoms with Crippen LogP contribution in [-0.4, -0.2) is 10.3 Å². The molecule has 0 aliphatic rings. The zero-order chi connectivity index (χ0) is 11.7. The minimum atomic E-state index is -0.835. The topological polar surface area (TPSA) is 46.3 Å². The molecule has 0 spiro atoms. The molecule has 0 bridgehead atoms. The van der Waals surface area contributed by atoms with E-state index in [1.165, 1.54) is 13.0 Å². The normalized spacial score (nSPS) is 12.8. The zero-order valence-electron chi connectivity index (χ0n) is 8.45. The number of aliphatic hydroxyl groups is 1. The Morgan fingerprint density at radius 3 is 2.69 bits per heavy atom. The Kier molecular flexibility index (Phi) is 2.70. The summed E-state index contributed by atoms with van der Waals surface area (Å²) in [5.74, 6) is -0.941. The van der Waals surface area contributed by atoms with Gasteiger partial charge in [0.1, 0.15) is 23.4 Å². The monoisotopic (exact) mass is 225 g/mol. The van der Waals surface area contributed by atoms with Gasteiger partial charge in [0.25, 0.3) is 0 Å². The van der Waals surface area contributed by atoms with E-state index in [4.69, 9.17) is 4.52 Å². The Morgan fingerprint density at radius 2 is 2.06 bits per heavy atom. The van der Waals surface area contributed by atoms with Crippen LogP contribution in [0.4, 0.5) is 8.78 Å². The first kappa shape index (κ1) is 10.8. The summed E-state index contributed by atoms with van der Waals surface area (Å²) in [6, 6.07) is 4.44. The first-order chi connectivity index (χ1) is 7.58. The molecule has 16 heavy (non-hydrogen) atoms. The van der Waals surface area contributed by atoms with E-state index in [1.807, 2.05) is 0 Å². The number of aromatic nitrogens is 1. The van der Waals surface area contributed by atoms with Crippen molar-refractivity contribution >= 4 is 0 Å². The molecule has 2 aromatic rings. The van der Waals surface area contributed by atoms with Crippen molar-refractivity contribution in [2.45, 2.75) is 13.0 Å². The summed E-state index contributed by atoms with van der Waals surface area (Å²) in [5, 5.41) is 12.8. The average molecular weight is 225 g/mol. The minimum Gasteiger partial charge on any atom is -0.385 e. The molecule has 1 atom stereocenters. The Labute approximate surface area is 90.3 Å². The molecule has 0 radical (unpaired) electrons. The number of nitrogens with zero attached hydrogens (tertiary/aromatic N) is 1. The zero-order valence-corrected chi connectivity index (χ0v) is 8.45. The smallest absolute Gasteiger partial charge is 0.165 e. The summed E-state index contributed by atoms with van der Waals surface area (Å²) in [6.45, 7) is 1.49. The van der Waals surface area contributed by atoms with Gasteiger partial charge in [-0.1, -0.05) is 5.16 Å². The highest BCUT2D eigenvalue weighted by Gasteiger charge is 2.14. The fourth-order valence-electron chi connectivity index (χ4n) is 1.31. The Balaban J connectivity index is 2.46. The lowest BCUT2D eigenvalue weighted by Crippen LogP contribution is -1.87. The highest BCUT2D eigenvalue weighted by Crippen LogP contribution is 2.25. The SMILES string of the molecule is CC(O)c1cc(-c2cc(F)ccc2F)no1. The van der Waals surface area contributed by atoms with Crippen LogP contribution in [0.15, 0.2) is 28.8 Å². The number of aliphatic hydroxyl groups excluding tert-OH is 1. The molecule has 0 saturated heterocycles. The average Bonchev–Trinajstić information content (AvgIpc) is 2.70. The van der Waals surface area contributed by atoms with E-state index >= 15 is 0 Å². The van der Waals surface area contributed by atoms with E-state index in [0.717, 1.165) is 18.2 Å². The van der Waals surface area contributed by atoms with E-state index in [0.29, 0.717) is 0 Å². The van der Waals surface area contributed by atoms with E-state index < -0.39 is 17.7 Å². The van der Waals surface area contributed by atoms with E-state index in [9.17, 15) is 13.9 Å². The molecule has 1 aromatic heterocycles. The fraction of sp³-hybridized carbons (Fsp3) is 0.182. The second-order valence-electron chi connectivity index (χ2n) is 3.41. The second kappa shape index (κ2) is 4.02. The van der Waals surface area contributed by atoms with Crippen LogP contribution < -0.4 is 0 Å². The third-order valence-electron chi connectivity index (χ3n) is 2.14. The first-order valence-electron chi connectivity index (χ1n) is 4.68. The van der Waals surface area contributed by atoms with Crippen LogP contribution in [0.3, 0.4) is 0 Å². The molecule has 1 heterocycles. The van der Waals surface area contributed by atoms with Crippen LogP contribution in [0.1, 0.15) is 18.8 Å². The van der Waals surface area contributed by atoms with Gasteiger partial charge in [-0.3, -0.25) is 0 Å². The molecule has 1 unspecified atom stereocenters. The predicted molar refractivity (Wildman–Crippen MR) is 52.5 cm³/mol. The molecule has 0 amide bonds. The van der Waals surface area contributed by atoms with Crippen LogP contribution in [0.5, 0.6) is 0 Å². The van der Waals surface area contributed by atoms with Crippen molar-refractivity contribution in [2.24, 2.45) is 0 Å². The van der Waals surface area contributed by atoms with Gasteiger partial charge in [-0.15, -0.1) is 0 Å². The molecule has 5 heteroatoms. The van der Waals surface area contributed by atoms with Crippen molar-refractivity contribution in [1.82, 2.24) is 5.16 Å². The maximum absolute atomic E-state index is 13.4. The quantitative estimate of drug-likeness (QED) is 0.854. The maximum Gasteiger partial charge on any atom is 0.165 e. The van der Waals surface area contributed by atoms with Crippen molar-refractivity contribution < 1.29 is 18.4 Å². The summed E-state index contributed by atoms with van der Waals surface area (Å²) >= 11 is 0.